The Morgan fingerprint density at radius 1 is 1.12 bits per heavy atom. The van der Waals surface area contributed by atoms with Gasteiger partial charge in [-0.25, -0.2) is 0 Å². The lowest BCUT2D eigenvalue weighted by Gasteiger charge is -2.10. The Bertz CT molecular complexity index is 457. The van der Waals surface area contributed by atoms with Gasteiger partial charge in [0.1, 0.15) is 0 Å². The second-order valence-electron chi connectivity index (χ2n) is 4.09. The van der Waals surface area contributed by atoms with Crippen molar-refractivity contribution in [1.82, 2.24) is 4.57 Å². The van der Waals surface area contributed by atoms with Gasteiger partial charge in [0.15, 0.2) is 0 Å². The minimum absolute atomic E-state index is 0.706. The Morgan fingerprint density at radius 2 is 1.94 bits per heavy atom. The van der Waals surface area contributed by atoms with Gasteiger partial charge in [-0.05, 0) is 43.1 Å². The van der Waals surface area contributed by atoms with E-state index in [9.17, 15) is 0 Å². The van der Waals surface area contributed by atoms with E-state index >= 15 is 0 Å². The molecule has 2 aromatic rings. The maximum absolute atomic E-state index is 5.60. The smallest absolute Gasteiger partial charge is 0.0475 e. The molecule has 0 radical (unpaired) electrons. The van der Waals surface area contributed by atoms with Gasteiger partial charge in [-0.2, -0.15) is 0 Å². The summed E-state index contributed by atoms with van der Waals surface area (Å²) in [5.41, 5.74) is 9.62. The molecule has 0 aliphatic heterocycles. The molecule has 0 bridgehead atoms. The molecule has 0 unspecified atom stereocenters. The van der Waals surface area contributed by atoms with Gasteiger partial charge >= 0.3 is 0 Å². The molecule has 16 heavy (non-hydrogen) atoms. The zero-order chi connectivity index (χ0) is 11.4. The van der Waals surface area contributed by atoms with E-state index in [4.69, 9.17) is 5.73 Å². The van der Waals surface area contributed by atoms with Gasteiger partial charge in [0.05, 0.1) is 0 Å². The summed E-state index contributed by atoms with van der Waals surface area (Å²) in [6, 6.07) is 12.7. The predicted molar refractivity (Wildman–Crippen MR) is 67.5 cm³/mol. The first-order valence-electron chi connectivity index (χ1n) is 5.70. The first-order chi connectivity index (χ1) is 7.81. The van der Waals surface area contributed by atoms with Gasteiger partial charge in [0.25, 0.3) is 0 Å². The minimum Gasteiger partial charge on any atom is -0.347 e. The lowest BCUT2D eigenvalue weighted by atomic mass is 10.1. The molecular weight excluding hydrogens is 196 g/mol. The van der Waals surface area contributed by atoms with Crippen LogP contribution in [-0.4, -0.2) is 11.1 Å². The molecule has 84 valence electrons. The van der Waals surface area contributed by atoms with Crippen LogP contribution in [0.15, 0.2) is 42.6 Å². The fourth-order valence-electron chi connectivity index (χ4n) is 1.95. The van der Waals surface area contributed by atoms with Crippen molar-refractivity contribution in [1.29, 1.82) is 0 Å². The first kappa shape index (κ1) is 11.0. The van der Waals surface area contributed by atoms with Crippen LogP contribution in [0.25, 0.3) is 0 Å². The molecule has 0 atom stereocenters. The largest absolute Gasteiger partial charge is 0.347 e. The van der Waals surface area contributed by atoms with Crippen molar-refractivity contribution >= 4 is 0 Å². The van der Waals surface area contributed by atoms with Gasteiger partial charge in [-0.15, -0.1) is 0 Å². The standard InChI is InChI=1S/C14H18N2/c1-12-5-2-3-6-13(12)11-16-10-4-7-14(16)8-9-15/h2-7,10H,8-9,11,15H2,1H3. The molecule has 0 spiro atoms. The Balaban J connectivity index is 2.20. The number of hydrogen-bond donors (Lipinski definition) is 1. The highest BCUT2D eigenvalue weighted by Gasteiger charge is 2.02. The molecule has 1 aromatic heterocycles. The maximum Gasteiger partial charge on any atom is 0.0475 e. The summed E-state index contributed by atoms with van der Waals surface area (Å²) in [5.74, 6) is 0. The van der Waals surface area contributed by atoms with Crippen molar-refractivity contribution in [2.45, 2.75) is 19.9 Å². The first-order valence-corrected chi connectivity index (χ1v) is 5.70. The predicted octanol–water partition coefficient (Wildman–Crippen LogP) is 2.35. The number of benzene rings is 1. The van der Waals surface area contributed by atoms with Crippen LogP contribution < -0.4 is 5.73 Å². The van der Waals surface area contributed by atoms with E-state index in [2.05, 4.69) is 54.1 Å². The van der Waals surface area contributed by atoms with Gasteiger partial charge in [-0.3, -0.25) is 0 Å². The number of rotatable bonds is 4. The Morgan fingerprint density at radius 3 is 2.69 bits per heavy atom. The second kappa shape index (κ2) is 4.99. The number of aromatic nitrogens is 1. The molecule has 0 aliphatic rings. The zero-order valence-electron chi connectivity index (χ0n) is 9.69. The molecule has 2 nitrogen and oxygen atoms in total. The van der Waals surface area contributed by atoms with Crippen molar-refractivity contribution in [3.8, 4) is 0 Å². The van der Waals surface area contributed by atoms with Crippen LogP contribution in [0, 0.1) is 6.92 Å². The molecule has 1 heterocycles. The minimum atomic E-state index is 0.706. The topological polar surface area (TPSA) is 30.9 Å². The van der Waals surface area contributed by atoms with Crippen LogP contribution in [-0.2, 0) is 13.0 Å². The lowest BCUT2D eigenvalue weighted by Crippen LogP contribution is -2.09. The summed E-state index contributed by atoms with van der Waals surface area (Å²) in [6.07, 6.45) is 3.07. The maximum atomic E-state index is 5.60. The summed E-state index contributed by atoms with van der Waals surface area (Å²) in [4.78, 5) is 0. The van der Waals surface area contributed by atoms with Crippen molar-refractivity contribution < 1.29 is 0 Å². The SMILES string of the molecule is Cc1ccccc1Cn1cccc1CCN. The van der Waals surface area contributed by atoms with Crippen LogP contribution in [0.3, 0.4) is 0 Å². The van der Waals surface area contributed by atoms with E-state index in [1.807, 2.05) is 0 Å². The normalized spacial score (nSPS) is 10.6. The Kier molecular flexibility index (Phi) is 3.42. The monoisotopic (exact) mass is 214 g/mol. The molecule has 2 N–H and O–H groups in total. The number of aryl methyl sites for hydroxylation is 1. The third kappa shape index (κ3) is 2.34. The van der Waals surface area contributed by atoms with Gasteiger partial charge in [-0.1, -0.05) is 24.3 Å². The number of nitrogens with zero attached hydrogens (tertiary/aromatic N) is 1. The average Bonchev–Trinajstić information content (AvgIpc) is 2.70. The van der Waals surface area contributed by atoms with E-state index < -0.39 is 0 Å². The van der Waals surface area contributed by atoms with E-state index in [-0.39, 0.29) is 0 Å². The summed E-state index contributed by atoms with van der Waals surface area (Å²) in [6.45, 7) is 3.80. The van der Waals surface area contributed by atoms with E-state index in [1.165, 1.54) is 16.8 Å². The Hall–Kier alpha value is -1.54. The van der Waals surface area contributed by atoms with Crippen molar-refractivity contribution in [3.63, 3.8) is 0 Å². The van der Waals surface area contributed by atoms with Gasteiger partial charge in [0, 0.05) is 18.4 Å². The van der Waals surface area contributed by atoms with E-state index in [0.717, 1.165) is 13.0 Å². The molecule has 0 amide bonds. The summed E-state index contributed by atoms with van der Waals surface area (Å²) in [5, 5.41) is 0. The zero-order valence-corrected chi connectivity index (χ0v) is 9.69. The van der Waals surface area contributed by atoms with E-state index in [0.29, 0.717) is 6.54 Å². The van der Waals surface area contributed by atoms with Crippen molar-refractivity contribution in [2.24, 2.45) is 5.73 Å². The highest BCUT2D eigenvalue weighted by atomic mass is 15.0. The van der Waals surface area contributed by atoms with Crippen LogP contribution >= 0.6 is 0 Å². The molecule has 0 saturated heterocycles. The molecule has 2 heteroatoms. The second-order valence-corrected chi connectivity index (χ2v) is 4.09. The fourth-order valence-corrected chi connectivity index (χ4v) is 1.95. The molecule has 0 saturated carbocycles. The fraction of sp³-hybridized carbons (Fsp3) is 0.286. The van der Waals surface area contributed by atoms with Crippen LogP contribution in [0.4, 0.5) is 0 Å². The van der Waals surface area contributed by atoms with Crippen molar-refractivity contribution in [2.75, 3.05) is 6.54 Å². The van der Waals surface area contributed by atoms with Crippen LogP contribution in [0.5, 0.6) is 0 Å². The summed E-state index contributed by atoms with van der Waals surface area (Å²) < 4.78 is 2.27. The highest BCUT2D eigenvalue weighted by Crippen LogP contribution is 2.11. The number of nitrogens with two attached hydrogens (primary N) is 1. The molecule has 2 rings (SSSR count). The molecule has 0 fully saturated rings. The third-order valence-corrected chi connectivity index (χ3v) is 2.93. The Labute approximate surface area is 96.7 Å². The van der Waals surface area contributed by atoms with Crippen LogP contribution in [0.2, 0.25) is 0 Å². The van der Waals surface area contributed by atoms with E-state index in [1.54, 1.807) is 0 Å². The van der Waals surface area contributed by atoms with Crippen molar-refractivity contribution in [3.05, 3.63) is 59.4 Å². The van der Waals surface area contributed by atoms with Crippen LogP contribution in [0.1, 0.15) is 16.8 Å². The molecule has 1 aromatic carbocycles. The number of hydrogen-bond acceptors (Lipinski definition) is 1. The average molecular weight is 214 g/mol. The van der Waals surface area contributed by atoms with Gasteiger partial charge < -0.3 is 10.3 Å². The quantitative estimate of drug-likeness (QED) is 0.832. The van der Waals surface area contributed by atoms with Gasteiger partial charge in [0.2, 0.25) is 0 Å². The summed E-state index contributed by atoms with van der Waals surface area (Å²) >= 11 is 0. The lowest BCUT2D eigenvalue weighted by molar-refractivity contribution is 0.733. The molecule has 0 aliphatic carbocycles. The summed E-state index contributed by atoms with van der Waals surface area (Å²) in [7, 11) is 0. The highest BCUT2D eigenvalue weighted by molar-refractivity contribution is 5.26. The molecular formula is C14H18N2. The third-order valence-electron chi connectivity index (χ3n) is 2.93.